The standard InChI is InChI=1S/C23H21N/c1-23(2)21-9-5-3-7-17(21)15-20(16-11-13-18(24)14-12-16)19-8-4-6-10-22(19)23/h3-15H,24H2,1-2H3. The summed E-state index contributed by atoms with van der Waals surface area (Å²) in [6.07, 6.45) is 2.31. The fraction of sp³-hybridized carbons (Fsp3) is 0.130. The van der Waals surface area contributed by atoms with Crippen LogP contribution in [0, 0.1) is 0 Å². The summed E-state index contributed by atoms with van der Waals surface area (Å²) >= 11 is 0. The van der Waals surface area contributed by atoms with E-state index in [1.807, 2.05) is 12.1 Å². The molecule has 3 aromatic carbocycles. The fourth-order valence-electron chi connectivity index (χ4n) is 3.73. The SMILES string of the molecule is CC1(C)c2ccccc2C=C(c2ccc(N)cc2)c2ccccc21. The molecule has 0 heterocycles. The predicted molar refractivity (Wildman–Crippen MR) is 103 cm³/mol. The Balaban J connectivity index is 2.06. The number of nitrogens with two attached hydrogens (primary N) is 1. The highest BCUT2D eigenvalue weighted by Crippen LogP contribution is 2.43. The summed E-state index contributed by atoms with van der Waals surface area (Å²) in [5.74, 6) is 0. The van der Waals surface area contributed by atoms with Crippen LogP contribution in [0.2, 0.25) is 0 Å². The smallest absolute Gasteiger partial charge is 0.0314 e. The third-order valence-corrected chi connectivity index (χ3v) is 5.05. The lowest BCUT2D eigenvalue weighted by atomic mass is 9.75. The number of benzene rings is 3. The van der Waals surface area contributed by atoms with E-state index in [0.29, 0.717) is 0 Å². The Morgan fingerprint density at radius 1 is 0.708 bits per heavy atom. The number of rotatable bonds is 1. The summed E-state index contributed by atoms with van der Waals surface area (Å²) < 4.78 is 0. The molecule has 118 valence electrons. The van der Waals surface area contributed by atoms with Crippen molar-refractivity contribution in [2.75, 3.05) is 5.73 Å². The highest BCUT2D eigenvalue weighted by Gasteiger charge is 2.30. The van der Waals surface area contributed by atoms with Gasteiger partial charge in [0.2, 0.25) is 0 Å². The zero-order chi connectivity index (χ0) is 16.7. The third kappa shape index (κ3) is 2.25. The summed E-state index contributed by atoms with van der Waals surface area (Å²) in [5.41, 5.74) is 14.4. The van der Waals surface area contributed by atoms with Crippen LogP contribution >= 0.6 is 0 Å². The second kappa shape index (κ2) is 5.38. The van der Waals surface area contributed by atoms with Crippen LogP contribution < -0.4 is 5.73 Å². The molecular weight excluding hydrogens is 290 g/mol. The molecule has 0 bridgehead atoms. The fourth-order valence-corrected chi connectivity index (χ4v) is 3.73. The van der Waals surface area contributed by atoms with Crippen LogP contribution in [0.5, 0.6) is 0 Å². The van der Waals surface area contributed by atoms with Crippen molar-refractivity contribution in [3.63, 3.8) is 0 Å². The largest absolute Gasteiger partial charge is 0.399 e. The van der Waals surface area contributed by atoms with E-state index in [0.717, 1.165) is 5.69 Å². The lowest BCUT2D eigenvalue weighted by molar-refractivity contribution is 0.639. The van der Waals surface area contributed by atoms with Crippen molar-refractivity contribution < 1.29 is 0 Å². The summed E-state index contributed by atoms with van der Waals surface area (Å²) in [4.78, 5) is 0. The minimum absolute atomic E-state index is 0.0424. The molecule has 0 amide bonds. The van der Waals surface area contributed by atoms with Gasteiger partial charge in [0, 0.05) is 11.1 Å². The van der Waals surface area contributed by atoms with Gasteiger partial charge >= 0.3 is 0 Å². The van der Waals surface area contributed by atoms with Crippen LogP contribution in [0.25, 0.3) is 11.6 Å². The number of fused-ring (bicyclic) bond motifs is 2. The molecule has 0 fully saturated rings. The van der Waals surface area contributed by atoms with E-state index in [-0.39, 0.29) is 5.41 Å². The Morgan fingerprint density at radius 2 is 1.33 bits per heavy atom. The minimum atomic E-state index is -0.0424. The Labute approximate surface area is 143 Å². The Morgan fingerprint density at radius 3 is 2.08 bits per heavy atom. The molecule has 1 aliphatic rings. The maximum atomic E-state index is 5.88. The Kier molecular flexibility index (Phi) is 3.31. The van der Waals surface area contributed by atoms with Crippen molar-refractivity contribution in [1.29, 1.82) is 0 Å². The first-order valence-corrected chi connectivity index (χ1v) is 8.34. The molecule has 0 atom stereocenters. The van der Waals surface area contributed by atoms with Crippen LogP contribution in [-0.2, 0) is 5.41 Å². The summed E-state index contributed by atoms with van der Waals surface area (Å²) in [6, 6.07) is 25.6. The maximum Gasteiger partial charge on any atom is 0.0314 e. The van der Waals surface area contributed by atoms with E-state index in [9.17, 15) is 0 Å². The first kappa shape index (κ1) is 14.8. The van der Waals surface area contributed by atoms with Crippen LogP contribution in [0.15, 0.2) is 72.8 Å². The van der Waals surface area contributed by atoms with Crippen LogP contribution in [0.1, 0.15) is 41.7 Å². The average Bonchev–Trinajstić information content (AvgIpc) is 2.70. The molecule has 1 aliphatic carbocycles. The van der Waals surface area contributed by atoms with Crippen LogP contribution in [-0.4, -0.2) is 0 Å². The van der Waals surface area contributed by atoms with Crippen molar-refractivity contribution >= 4 is 17.3 Å². The molecule has 0 radical (unpaired) electrons. The normalized spacial score (nSPS) is 15.0. The first-order chi connectivity index (χ1) is 11.6. The molecule has 1 nitrogen and oxygen atoms in total. The highest BCUT2D eigenvalue weighted by molar-refractivity contribution is 5.95. The van der Waals surface area contributed by atoms with E-state index in [1.54, 1.807) is 0 Å². The van der Waals surface area contributed by atoms with Gasteiger partial charge in [-0.3, -0.25) is 0 Å². The van der Waals surface area contributed by atoms with Gasteiger partial charge in [0.1, 0.15) is 0 Å². The molecule has 0 unspecified atom stereocenters. The average molecular weight is 311 g/mol. The maximum absolute atomic E-state index is 5.88. The van der Waals surface area contributed by atoms with E-state index in [4.69, 9.17) is 5.73 Å². The zero-order valence-electron chi connectivity index (χ0n) is 14.1. The van der Waals surface area contributed by atoms with Gasteiger partial charge in [-0.05, 0) is 51.6 Å². The molecular formula is C23H21N. The molecule has 0 saturated heterocycles. The molecule has 24 heavy (non-hydrogen) atoms. The van der Waals surface area contributed by atoms with Crippen molar-refractivity contribution in [3.8, 4) is 0 Å². The molecule has 0 aliphatic heterocycles. The van der Waals surface area contributed by atoms with E-state index in [2.05, 4.69) is 80.6 Å². The number of anilines is 1. The van der Waals surface area contributed by atoms with Gasteiger partial charge in [-0.25, -0.2) is 0 Å². The van der Waals surface area contributed by atoms with Gasteiger partial charge < -0.3 is 5.73 Å². The number of hydrogen-bond acceptors (Lipinski definition) is 1. The molecule has 4 rings (SSSR count). The number of hydrogen-bond donors (Lipinski definition) is 1. The molecule has 0 spiro atoms. The highest BCUT2D eigenvalue weighted by atomic mass is 14.5. The molecule has 0 aromatic heterocycles. The summed E-state index contributed by atoms with van der Waals surface area (Å²) in [7, 11) is 0. The first-order valence-electron chi connectivity index (χ1n) is 8.34. The van der Waals surface area contributed by atoms with Gasteiger partial charge in [-0.1, -0.05) is 74.5 Å². The summed E-state index contributed by atoms with van der Waals surface area (Å²) in [6.45, 7) is 4.62. The molecule has 0 saturated carbocycles. The van der Waals surface area contributed by atoms with Crippen LogP contribution in [0.4, 0.5) is 5.69 Å². The van der Waals surface area contributed by atoms with Gasteiger partial charge in [0.05, 0.1) is 0 Å². The van der Waals surface area contributed by atoms with Gasteiger partial charge in [-0.2, -0.15) is 0 Å². The lowest BCUT2D eigenvalue weighted by Gasteiger charge is -2.28. The topological polar surface area (TPSA) is 26.0 Å². The van der Waals surface area contributed by atoms with E-state index < -0.39 is 0 Å². The van der Waals surface area contributed by atoms with Gasteiger partial charge in [-0.15, -0.1) is 0 Å². The third-order valence-electron chi connectivity index (χ3n) is 5.05. The van der Waals surface area contributed by atoms with Crippen LogP contribution in [0.3, 0.4) is 0 Å². The lowest BCUT2D eigenvalue weighted by Crippen LogP contribution is -2.20. The van der Waals surface area contributed by atoms with Crippen molar-refractivity contribution in [1.82, 2.24) is 0 Å². The molecule has 1 heteroatoms. The van der Waals surface area contributed by atoms with Gasteiger partial charge in [0.25, 0.3) is 0 Å². The molecule has 3 aromatic rings. The predicted octanol–water partition coefficient (Wildman–Crippen LogP) is 5.50. The Bertz CT molecular complexity index is 930. The minimum Gasteiger partial charge on any atom is -0.399 e. The monoisotopic (exact) mass is 311 g/mol. The second-order valence-corrected chi connectivity index (χ2v) is 6.94. The second-order valence-electron chi connectivity index (χ2n) is 6.94. The van der Waals surface area contributed by atoms with E-state index >= 15 is 0 Å². The van der Waals surface area contributed by atoms with E-state index in [1.165, 1.54) is 33.4 Å². The van der Waals surface area contributed by atoms with Gasteiger partial charge in [0.15, 0.2) is 0 Å². The zero-order valence-corrected chi connectivity index (χ0v) is 14.1. The number of nitrogen functional groups attached to an aromatic ring is 1. The van der Waals surface area contributed by atoms with Crippen molar-refractivity contribution in [2.45, 2.75) is 19.3 Å². The van der Waals surface area contributed by atoms with Crippen molar-refractivity contribution in [3.05, 3.63) is 101 Å². The summed E-state index contributed by atoms with van der Waals surface area (Å²) in [5, 5.41) is 0. The quantitative estimate of drug-likeness (QED) is 0.590. The van der Waals surface area contributed by atoms with Crippen molar-refractivity contribution in [2.24, 2.45) is 0 Å². The molecule has 2 N–H and O–H groups in total. The Hall–Kier alpha value is -2.80.